The molecule has 9 heteroatoms. The summed E-state index contributed by atoms with van der Waals surface area (Å²) < 4.78 is 47.0. The summed E-state index contributed by atoms with van der Waals surface area (Å²) in [6.45, 7) is 0.361. The van der Waals surface area contributed by atoms with Crippen molar-refractivity contribution in [1.29, 1.82) is 0 Å². The molecule has 2 aliphatic heterocycles. The van der Waals surface area contributed by atoms with E-state index in [4.69, 9.17) is 13.9 Å². The number of benzene rings is 2. The summed E-state index contributed by atoms with van der Waals surface area (Å²) in [7, 11) is -0.270. The number of nitrogens with zero attached hydrogens (tertiary/aromatic N) is 2. The number of piperidine rings is 1. The van der Waals surface area contributed by atoms with E-state index >= 15 is 0 Å². The topological polar surface area (TPSA) is 89.3 Å². The number of carbonyl (C=O) groups excluding carboxylic acids is 1. The molecule has 8 nitrogen and oxygen atoms in total. The number of rotatable bonds is 6. The van der Waals surface area contributed by atoms with Crippen LogP contribution in [0.1, 0.15) is 29.5 Å². The van der Waals surface area contributed by atoms with E-state index < -0.39 is 15.4 Å². The number of ether oxygens (including phenoxy) is 2. The number of likely N-dealkylation sites (N-methyl/N-ethyl adjacent to an activating group) is 1. The molecule has 1 aromatic heterocycles. The molecular weight excluding hydrogens is 528 g/mol. The first-order valence-electron chi connectivity index (χ1n) is 13.5. The van der Waals surface area contributed by atoms with E-state index in [1.807, 2.05) is 25.2 Å². The average Bonchev–Trinajstić information content (AvgIpc) is 3.61. The minimum Gasteiger partial charge on any atom is -0.493 e. The Kier molecular flexibility index (Phi) is 5.73. The van der Waals surface area contributed by atoms with Gasteiger partial charge in [0.05, 0.1) is 42.0 Å². The Bertz CT molecular complexity index is 1650. The van der Waals surface area contributed by atoms with Crippen LogP contribution in [0, 0.1) is 0 Å². The van der Waals surface area contributed by atoms with Gasteiger partial charge in [-0.1, -0.05) is 30.3 Å². The first kappa shape index (κ1) is 25.2. The number of furan rings is 1. The fourth-order valence-corrected chi connectivity index (χ4v) is 8.86. The van der Waals surface area contributed by atoms with Crippen LogP contribution in [0.4, 0.5) is 0 Å². The first-order chi connectivity index (χ1) is 19.4. The van der Waals surface area contributed by atoms with Crippen molar-refractivity contribution < 1.29 is 27.1 Å². The second kappa shape index (κ2) is 9.11. The van der Waals surface area contributed by atoms with Gasteiger partial charge in [0, 0.05) is 30.8 Å². The molecule has 3 aromatic rings. The molecule has 40 heavy (non-hydrogen) atoms. The predicted octanol–water partition coefficient (Wildman–Crippen LogP) is 4.18. The summed E-state index contributed by atoms with van der Waals surface area (Å²) >= 11 is 0. The third-order valence-corrected chi connectivity index (χ3v) is 11.0. The Morgan fingerprint density at radius 3 is 2.75 bits per heavy atom. The van der Waals surface area contributed by atoms with Crippen molar-refractivity contribution in [2.45, 2.75) is 47.8 Å². The third-order valence-electron chi connectivity index (χ3n) is 9.05. The quantitative estimate of drug-likeness (QED) is 0.333. The van der Waals surface area contributed by atoms with E-state index in [2.05, 4.69) is 6.08 Å². The Morgan fingerprint density at radius 1 is 1.18 bits per heavy atom. The van der Waals surface area contributed by atoms with Crippen LogP contribution in [0.2, 0.25) is 0 Å². The molecule has 2 bridgehead atoms. The fraction of sp³-hybridized carbons (Fsp3) is 0.323. The molecule has 206 valence electrons. The van der Waals surface area contributed by atoms with Gasteiger partial charge in [0.15, 0.2) is 11.5 Å². The standard InChI is InChI=1S/C31H30N2O6S/c1-32(27(34)13-8-20-14-17-38-19-20)24-11-10-23-25-18-21-9-12-26(37-2)29-28(21)31(23,30(24)39-29)15-16-33(25)40(35,36)22-6-4-3-5-7-22/h3-10,12-14,17,19,24-25,30H,11,15-16,18H2,1-2H3/b13-8+/t24-,25+,30-,31-/m0/s1. The summed E-state index contributed by atoms with van der Waals surface area (Å²) in [6.07, 6.45) is 9.93. The Labute approximate surface area is 233 Å². The summed E-state index contributed by atoms with van der Waals surface area (Å²) in [5, 5.41) is 0. The van der Waals surface area contributed by atoms with Crippen LogP contribution in [-0.4, -0.2) is 62.4 Å². The van der Waals surface area contributed by atoms with Crippen molar-refractivity contribution >= 4 is 22.0 Å². The van der Waals surface area contributed by atoms with E-state index in [1.165, 1.54) is 0 Å². The highest BCUT2D eigenvalue weighted by atomic mass is 32.2. The van der Waals surface area contributed by atoms with Gasteiger partial charge in [-0.15, -0.1) is 0 Å². The van der Waals surface area contributed by atoms with Crippen molar-refractivity contribution in [1.82, 2.24) is 9.21 Å². The maximum atomic E-state index is 13.9. The van der Waals surface area contributed by atoms with Crippen molar-refractivity contribution in [3.63, 3.8) is 0 Å². The van der Waals surface area contributed by atoms with Gasteiger partial charge in [0.25, 0.3) is 0 Å². The highest BCUT2D eigenvalue weighted by Crippen LogP contribution is 2.63. The van der Waals surface area contributed by atoms with Gasteiger partial charge in [-0.3, -0.25) is 4.79 Å². The first-order valence-corrected chi connectivity index (χ1v) is 14.9. The molecule has 7 rings (SSSR count). The molecule has 2 aliphatic carbocycles. The maximum absolute atomic E-state index is 13.9. The molecule has 0 saturated carbocycles. The minimum absolute atomic E-state index is 0.136. The van der Waals surface area contributed by atoms with Crippen LogP contribution in [0.15, 0.2) is 88.1 Å². The van der Waals surface area contributed by atoms with Gasteiger partial charge in [0.2, 0.25) is 15.9 Å². The van der Waals surface area contributed by atoms with Crippen LogP contribution in [0.3, 0.4) is 0 Å². The molecule has 0 unspecified atom stereocenters. The molecule has 0 N–H and O–H groups in total. The Hall–Kier alpha value is -3.82. The summed E-state index contributed by atoms with van der Waals surface area (Å²) in [5.41, 5.74) is 3.52. The molecule has 0 radical (unpaired) electrons. The lowest BCUT2D eigenvalue weighted by atomic mass is 9.56. The smallest absolute Gasteiger partial charge is 0.246 e. The van der Waals surface area contributed by atoms with E-state index in [1.54, 1.807) is 71.3 Å². The molecule has 1 amide bonds. The minimum atomic E-state index is -3.71. The number of hydrogen-bond acceptors (Lipinski definition) is 6. The molecule has 4 atom stereocenters. The number of hydrogen-bond donors (Lipinski definition) is 0. The second-order valence-corrected chi connectivity index (χ2v) is 12.7. The zero-order chi connectivity index (χ0) is 27.6. The lowest BCUT2D eigenvalue weighted by Crippen LogP contribution is -2.65. The largest absolute Gasteiger partial charge is 0.493 e. The van der Waals surface area contributed by atoms with Gasteiger partial charge in [-0.2, -0.15) is 4.31 Å². The lowest BCUT2D eigenvalue weighted by molar-refractivity contribution is -0.129. The number of carbonyl (C=O) groups is 1. The van der Waals surface area contributed by atoms with Gasteiger partial charge in [0.1, 0.15) is 6.10 Å². The van der Waals surface area contributed by atoms with E-state index in [9.17, 15) is 13.2 Å². The number of sulfonamides is 1. The third kappa shape index (κ3) is 3.47. The van der Waals surface area contributed by atoms with Crippen LogP contribution in [0.25, 0.3) is 6.08 Å². The van der Waals surface area contributed by atoms with Crippen LogP contribution < -0.4 is 9.47 Å². The van der Waals surface area contributed by atoms with Crippen LogP contribution in [0.5, 0.6) is 11.5 Å². The second-order valence-electron chi connectivity index (χ2n) is 10.8. The molecule has 1 saturated heterocycles. The number of amides is 1. The monoisotopic (exact) mass is 558 g/mol. The summed E-state index contributed by atoms with van der Waals surface area (Å²) in [6, 6.07) is 13.8. The summed E-state index contributed by atoms with van der Waals surface area (Å²) in [5.74, 6) is 1.24. The zero-order valence-electron chi connectivity index (χ0n) is 22.3. The molecule has 1 spiro atoms. The van der Waals surface area contributed by atoms with Gasteiger partial charge in [-0.25, -0.2) is 8.42 Å². The maximum Gasteiger partial charge on any atom is 0.246 e. The van der Waals surface area contributed by atoms with Gasteiger partial charge >= 0.3 is 0 Å². The molecular formula is C31H30N2O6S. The van der Waals surface area contributed by atoms with Crippen molar-refractivity contribution in [2.24, 2.45) is 0 Å². The highest BCUT2D eigenvalue weighted by molar-refractivity contribution is 7.89. The van der Waals surface area contributed by atoms with Crippen LogP contribution >= 0.6 is 0 Å². The van der Waals surface area contributed by atoms with Crippen molar-refractivity contribution in [3.05, 3.63) is 95.5 Å². The fourth-order valence-electron chi connectivity index (χ4n) is 7.24. The van der Waals surface area contributed by atoms with E-state index in [-0.39, 0.29) is 24.1 Å². The highest BCUT2D eigenvalue weighted by Gasteiger charge is 2.64. The Morgan fingerprint density at radius 2 is 2.00 bits per heavy atom. The number of methoxy groups -OCH3 is 1. The van der Waals surface area contributed by atoms with Crippen LogP contribution in [-0.2, 0) is 26.7 Å². The predicted molar refractivity (Wildman–Crippen MR) is 149 cm³/mol. The van der Waals surface area contributed by atoms with Crippen molar-refractivity contribution in [2.75, 3.05) is 20.7 Å². The average molecular weight is 559 g/mol. The molecule has 2 aromatic carbocycles. The van der Waals surface area contributed by atoms with E-state index in [0.717, 1.165) is 28.0 Å². The summed E-state index contributed by atoms with van der Waals surface area (Å²) in [4.78, 5) is 15.4. The molecule has 4 aliphatic rings. The van der Waals surface area contributed by atoms with Gasteiger partial charge in [-0.05, 0) is 60.7 Å². The Balaban J connectivity index is 1.32. The normalized spacial score (nSPS) is 26.6. The molecule has 3 heterocycles. The zero-order valence-corrected chi connectivity index (χ0v) is 23.1. The van der Waals surface area contributed by atoms with Gasteiger partial charge < -0.3 is 18.8 Å². The van der Waals surface area contributed by atoms with E-state index in [0.29, 0.717) is 36.5 Å². The lowest BCUT2D eigenvalue weighted by Gasteiger charge is -2.55. The SMILES string of the molecule is COc1ccc2c3c1O[C@H]1[C@@H](N(C)C(=O)/C=C/c4ccoc4)CC=C4[C@@H](C2)N(S(=O)(=O)c2ccccc2)CC[C@]431. The molecule has 1 fully saturated rings. The van der Waals surface area contributed by atoms with Crippen molar-refractivity contribution in [3.8, 4) is 11.5 Å².